The van der Waals surface area contributed by atoms with E-state index < -0.39 is 0 Å². The number of benzene rings is 1. The van der Waals surface area contributed by atoms with E-state index in [4.69, 9.17) is 0 Å². The standard InChI is InChI=1S/C12H13BrN4/c1-17-12(14-15-16-17)10-6-9(7-10)8-2-4-11(13)5-3-8/h2-5,9-10H,6-7H2,1H3. The molecule has 0 atom stereocenters. The molecule has 0 saturated heterocycles. The Morgan fingerprint density at radius 3 is 2.47 bits per heavy atom. The zero-order chi connectivity index (χ0) is 11.8. The number of rotatable bonds is 2. The minimum absolute atomic E-state index is 0.517. The summed E-state index contributed by atoms with van der Waals surface area (Å²) in [5.74, 6) is 2.19. The molecule has 5 heteroatoms. The molecule has 1 aromatic carbocycles. The van der Waals surface area contributed by atoms with Gasteiger partial charge in [-0.05, 0) is 46.9 Å². The number of aryl methyl sites for hydroxylation is 1. The van der Waals surface area contributed by atoms with Crippen molar-refractivity contribution in [2.24, 2.45) is 7.05 Å². The van der Waals surface area contributed by atoms with E-state index in [0.717, 1.165) is 23.1 Å². The first-order valence-electron chi connectivity index (χ1n) is 5.72. The summed E-state index contributed by atoms with van der Waals surface area (Å²) < 4.78 is 2.91. The molecule has 1 fully saturated rings. The van der Waals surface area contributed by atoms with Crippen LogP contribution in [0.1, 0.15) is 36.1 Å². The predicted molar refractivity (Wildman–Crippen MR) is 67.7 cm³/mol. The summed E-state index contributed by atoms with van der Waals surface area (Å²) in [6, 6.07) is 8.60. The molecule has 1 saturated carbocycles. The molecular formula is C12H13BrN4. The van der Waals surface area contributed by atoms with E-state index in [1.165, 1.54) is 5.56 Å². The third kappa shape index (κ3) is 1.99. The topological polar surface area (TPSA) is 43.6 Å². The smallest absolute Gasteiger partial charge is 0.154 e. The van der Waals surface area contributed by atoms with Gasteiger partial charge in [-0.2, -0.15) is 0 Å². The second-order valence-electron chi connectivity index (χ2n) is 4.58. The molecule has 17 heavy (non-hydrogen) atoms. The number of hydrogen-bond donors (Lipinski definition) is 0. The van der Waals surface area contributed by atoms with Crippen LogP contribution in [0.15, 0.2) is 28.7 Å². The highest BCUT2D eigenvalue weighted by Gasteiger charge is 2.34. The van der Waals surface area contributed by atoms with Gasteiger partial charge in [-0.15, -0.1) is 5.10 Å². The van der Waals surface area contributed by atoms with Crippen molar-refractivity contribution in [3.63, 3.8) is 0 Å². The largest absolute Gasteiger partial charge is 0.232 e. The van der Waals surface area contributed by atoms with Gasteiger partial charge in [0, 0.05) is 17.4 Å². The molecule has 4 nitrogen and oxygen atoms in total. The van der Waals surface area contributed by atoms with Gasteiger partial charge in [0.25, 0.3) is 0 Å². The van der Waals surface area contributed by atoms with Crippen molar-refractivity contribution in [1.29, 1.82) is 0 Å². The molecule has 0 aliphatic heterocycles. The predicted octanol–water partition coefficient (Wildman–Crippen LogP) is 2.63. The number of aromatic nitrogens is 4. The second-order valence-corrected chi connectivity index (χ2v) is 5.49. The first-order chi connectivity index (χ1) is 8.24. The van der Waals surface area contributed by atoms with E-state index in [1.54, 1.807) is 4.68 Å². The van der Waals surface area contributed by atoms with Crippen LogP contribution in [0.25, 0.3) is 0 Å². The Morgan fingerprint density at radius 2 is 1.88 bits per heavy atom. The van der Waals surface area contributed by atoms with E-state index in [2.05, 4.69) is 55.7 Å². The Morgan fingerprint density at radius 1 is 1.18 bits per heavy atom. The van der Waals surface area contributed by atoms with Crippen LogP contribution >= 0.6 is 15.9 Å². The van der Waals surface area contributed by atoms with Gasteiger partial charge in [0.2, 0.25) is 0 Å². The molecule has 1 aliphatic carbocycles. The maximum absolute atomic E-state index is 4.07. The highest BCUT2D eigenvalue weighted by molar-refractivity contribution is 9.10. The summed E-state index contributed by atoms with van der Waals surface area (Å²) in [6.07, 6.45) is 2.30. The average molecular weight is 293 g/mol. The Hall–Kier alpha value is -1.23. The Balaban J connectivity index is 1.69. The van der Waals surface area contributed by atoms with Crippen molar-refractivity contribution >= 4 is 15.9 Å². The minimum Gasteiger partial charge on any atom is -0.232 e. The quantitative estimate of drug-likeness (QED) is 0.855. The lowest BCUT2D eigenvalue weighted by atomic mass is 9.71. The summed E-state index contributed by atoms with van der Waals surface area (Å²) in [6.45, 7) is 0. The lowest BCUT2D eigenvalue weighted by Crippen LogP contribution is -2.23. The molecule has 1 heterocycles. The van der Waals surface area contributed by atoms with Gasteiger partial charge < -0.3 is 0 Å². The average Bonchev–Trinajstić information content (AvgIpc) is 2.66. The zero-order valence-corrected chi connectivity index (χ0v) is 11.1. The lowest BCUT2D eigenvalue weighted by molar-refractivity contribution is 0.329. The molecule has 1 aliphatic rings. The van der Waals surface area contributed by atoms with Crippen molar-refractivity contribution in [1.82, 2.24) is 20.2 Å². The van der Waals surface area contributed by atoms with Gasteiger partial charge in [0.1, 0.15) is 0 Å². The van der Waals surface area contributed by atoms with Crippen LogP contribution in [0.3, 0.4) is 0 Å². The first kappa shape index (κ1) is 10.9. The molecule has 0 N–H and O–H groups in total. The van der Waals surface area contributed by atoms with Gasteiger partial charge in [-0.25, -0.2) is 4.68 Å². The van der Waals surface area contributed by atoms with Gasteiger partial charge in [-0.3, -0.25) is 0 Å². The second kappa shape index (κ2) is 4.22. The molecular weight excluding hydrogens is 280 g/mol. The monoisotopic (exact) mass is 292 g/mol. The molecule has 0 unspecified atom stereocenters. The Kier molecular flexibility index (Phi) is 2.70. The molecule has 0 amide bonds. The summed E-state index contributed by atoms with van der Waals surface area (Å²) in [4.78, 5) is 0. The normalized spacial score (nSPS) is 23.4. The van der Waals surface area contributed by atoms with Crippen LogP contribution in [0.2, 0.25) is 0 Å². The maximum atomic E-state index is 4.07. The molecule has 0 radical (unpaired) electrons. The Bertz CT molecular complexity index is 514. The van der Waals surface area contributed by atoms with Crippen LogP contribution in [-0.2, 0) is 7.05 Å². The summed E-state index contributed by atoms with van der Waals surface area (Å²) in [7, 11) is 1.91. The van der Waals surface area contributed by atoms with Gasteiger partial charge in [-0.1, -0.05) is 28.1 Å². The zero-order valence-electron chi connectivity index (χ0n) is 9.55. The van der Waals surface area contributed by atoms with Crippen molar-refractivity contribution in [3.05, 3.63) is 40.1 Å². The number of nitrogens with zero attached hydrogens (tertiary/aromatic N) is 4. The summed E-state index contributed by atoms with van der Waals surface area (Å²) in [5, 5.41) is 11.6. The van der Waals surface area contributed by atoms with Crippen LogP contribution in [0.4, 0.5) is 0 Å². The molecule has 88 valence electrons. The fraction of sp³-hybridized carbons (Fsp3) is 0.417. The molecule has 2 aromatic rings. The molecule has 1 aromatic heterocycles. The van der Waals surface area contributed by atoms with Crippen molar-refractivity contribution in [2.75, 3.05) is 0 Å². The lowest BCUT2D eigenvalue weighted by Gasteiger charge is -2.34. The Labute approximate surface area is 108 Å². The van der Waals surface area contributed by atoms with Gasteiger partial charge in [0.15, 0.2) is 5.82 Å². The third-order valence-electron chi connectivity index (χ3n) is 3.50. The van der Waals surface area contributed by atoms with Crippen molar-refractivity contribution in [2.45, 2.75) is 24.7 Å². The number of tetrazole rings is 1. The maximum Gasteiger partial charge on any atom is 0.154 e. The van der Waals surface area contributed by atoms with E-state index in [0.29, 0.717) is 11.8 Å². The summed E-state index contributed by atoms with van der Waals surface area (Å²) in [5.41, 5.74) is 1.42. The SMILES string of the molecule is Cn1nnnc1C1CC(c2ccc(Br)cc2)C1. The van der Waals surface area contributed by atoms with E-state index in [9.17, 15) is 0 Å². The van der Waals surface area contributed by atoms with Gasteiger partial charge >= 0.3 is 0 Å². The highest BCUT2D eigenvalue weighted by Crippen LogP contribution is 2.46. The third-order valence-corrected chi connectivity index (χ3v) is 4.03. The first-order valence-corrected chi connectivity index (χ1v) is 6.51. The molecule has 0 bridgehead atoms. The van der Waals surface area contributed by atoms with Crippen LogP contribution in [0.5, 0.6) is 0 Å². The molecule has 3 rings (SSSR count). The van der Waals surface area contributed by atoms with Crippen molar-refractivity contribution in [3.8, 4) is 0 Å². The van der Waals surface area contributed by atoms with Crippen LogP contribution in [-0.4, -0.2) is 20.2 Å². The van der Waals surface area contributed by atoms with Crippen LogP contribution in [0, 0.1) is 0 Å². The highest BCUT2D eigenvalue weighted by atomic mass is 79.9. The fourth-order valence-corrected chi connectivity index (χ4v) is 2.68. The van der Waals surface area contributed by atoms with E-state index >= 15 is 0 Å². The number of halogens is 1. The van der Waals surface area contributed by atoms with E-state index in [1.807, 2.05) is 7.05 Å². The van der Waals surface area contributed by atoms with Gasteiger partial charge in [0.05, 0.1) is 0 Å². The van der Waals surface area contributed by atoms with E-state index in [-0.39, 0.29) is 0 Å². The summed E-state index contributed by atoms with van der Waals surface area (Å²) >= 11 is 3.46. The molecule has 0 spiro atoms. The minimum atomic E-state index is 0.517. The van der Waals surface area contributed by atoms with Crippen molar-refractivity contribution < 1.29 is 0 Å². The fourth-order valence-electron chi connectivity index (χ4n) is 2.42. The number of hydrogen-bond acceptors (Lipinski definition) is 3. The van der Waals surface area contributed by atoms with Crippen LogP contribution < -0.4 is 0 Å².